The molecule has 1 aliphatic heterocycles. The van der Waals surface area contributed by atoms with E-state index in [4.69, 9.17) is 4.74 Å². The summed E-state index contributed by atoms with van der Waals surface area (Å²) in [5.74, 6) is 0.920. The Hall–Kier alpha value is -1.46. The van der Waals surface area contributed by atoms with E-state index in [2.05, 4.69) is 18.7 Å². The molecule has 1 heteroatoms. The Bertz CT molecular complexity index is 344. The highest BCUT2D eigenvalue weighted by atomic mass is 16.5. The molecule has 0 aromatic heterocycles. The van der Waals surface area contributed by atoms with Crippen molar-refractivity contribution >= 4 is 6.08 Å². The molecule has 2 rings (SSSR count). The van der Waals surface area contributed by atoms with Crippen LogP contribution in [0.4, 0.5) is 0 Å². The Balaban J connectivity index is 2.69. The maximum atomic E-state index is 5.24. The fourth-order valence-electron chi connectivity index (χ4n) is 1.16. The number of benzene rings is 1. The van der Waals surface area contributed by atoms with Crippen molar-refractivity contribution in [3.8, 4) is 5.75 Å². The molecule has 0 bridgehead atoms. The van der Waals surface area contributed by atoms with E-state index in [9.17, 15) is 0 Å². The standard InChI is InChI=1S/C10H8O/c1-8-4-2-6-10-9(8)5-3-7-11-10/h2,4-7H,1H3. The number of fused-ring (bicyclic) bond motifs is 1. The molecule has 0 aliphatic carbocycles. The second-order valence-corrected chi connectivity index (χ2v) is 2.53. The fraction of sp³-hybridized carbons (Fsp3) is 0.100. The van der Waals surface area contributed by atoms with Crippen molar-refractivity contribution in [3.05, 3.63) is 41.3 Å². The Morgan fingerprint density at radius 3 is 3.09 bits per heavy atom. The van der Waals surface area contributed by atoms with E-state index in [0.717, 1.165) is 11.3 Å². The van der Waals surface area contributed by atoms with Crippen molar-refractivity contribution in [1.29, 1.82) is 0 Å². The van der Waals surface area contributed by atoms with Crippen LogP contribution in [0.15, 0.2) is 30.2 Å². The summed E-state index contributed by atoms with van der Waals surface area (Å²) in [5.41, 5.74) is 5.27. The largest absolute Gasteiger partial charge is 0.456 e. The number of hydrogen-bond acceptors (Lipinski definition) is 1. The lowest BCUT2D eigenvalue weighted by Crippen LogP contribution is -1.90. The van der Waals surface area contributed by atoms with Crippen molar-refractivity contribution in [2.24, 2.45) is 0 Å². The molecule has 0 unspecified atom stereocenters. The average molecular weight is 144 g/mol. The molecule has 0 N–H and O–H groups in total. The molecule has 1 aromatic carbocycles. The second-order valence-electron chi connectivity index (χ2n) is 2.53. The monoisotopic (exact) mass is 144 g/mol. The third kappa shape index (κ3) is 0.957. The normalized spacial score (nSPS) is 12.5. The molecule has 0 amide bonds. The van der Waals surface area contributed by atoms with E-state index in [0.29, 0.717) is 0 Å². The molecule has 54 valence electrons. The quantitative estimate of drug-likeness (QED) is 0.508. The summed E-state index contributed by atoms with van der Waals surface area (Å²) in [4.78, 5) is 0. The fourth-order valence-corrected chi connectivity index (χ4v) is 1.16. The number of aryl methyl sites for hydroxylation is 1. The minimum Gasteiger partial charge on any atom is -0.456 e. The van der Waals surface area contributed by atoms with Crippen LogP contribution in [0.5, 0.6) is 5.75 Å². The summed E-state index contributed by atoms with van der Waals surface area (Å²) in [6, 6.07) is 6.00. The van der Waals surface area contributed by atoms with Crippen LogP contribution in [0, 0.1) is 6.92 Å². The zero-order valence-electron chi connectivity index (χ0n) is 6.29. The molecule has 0 fully saturated rings. The highest BCUT2D eigenvalue weighted by Gasteiger charge is 2.03. The first-order valence-corrected chi connectivity index (χ1v) is 3.55. The number of ether oxygens (including phenoxy) is 1. The number of rotatable bonds is 0. The topological polar surface area (TPSA) is 9.23 Å². The predicted molar refractivity (Wildman–Crippen MR) is 44.4 cm³/mol. The lowest BCUT2D eigenvalue weighted by Gasteiger charge is -2.08. The molecule has 1 aromatic rings. The van der Waals surface area contributed by atoms with Gasteiger partial charge in [-0.25, -0.2) is 0 Å². The van der Waals surface area contributed by atoms with Crippen LogP contribution in [-0.4, -0.2) is 0 Å². The lowest BCUT2D eigenvalue weighted by atomic mass is 10.1. The van der Waals surface area contributed by atoms with Gasteiger partial charge in [-0.1, -0.05) is 17.9 Å². The minimum absolute atomic E-state index is 0.920. The summed E-state index contributed by atoms with van der Waals surface area (Å²) in [7, 11) is 0. The van der Waals surface area contributed by atoms with Gasteiger partial charge in [-0.3, -0.25) is 0 Å². The summed E-state index contributed by atoms with van der Waals surface area (Å²) in [6.45, 7) is 2.06. The molecule has 11 heavy (non-hydrogen) atoms. The molecule has 0 saturated heterocycles. The second kappa shape index (κ2) is 2.30. The molecule has 0 spiro atoms. The van der Waals surface area contributed by atoms with Gasteiger partial charge in [0.2, 0.25) is 0 Å². The summed E-state index contributed by atoms with van der Waals surface area (Å²) >= 11 is 0. The SMILES string of the molecule is Cc1cccc2c1C=C=CO2. The van der Waals surface area contributed by atoms with E-state index < -0.39 is 0 Å². The maximum Gasteiger partial charge on any atom is 0.135 e. The molecule has 0 atom stereocenters. The van der Waals surface area contributed by atoms with Crippen LogP contribution in [0.25, 0.3) is 6.08 Å². The Kier molecular flexibility index (Phi) is 1.31. The average Bonchev–Trinajstić information content (AvgIpc) is 2.06. The van der Waals surface area contributed by atoms with Crippen molar-refractivity contribution in [1.82, 2.24) is 0 Å². The van der Waals surface area contributed by atoms with Gasteiger partial charge in [-0.2, -0.15) is 0 Å². The van der Waals surface area contributed by atoms with Gasteiger partial charge in [-0.15, -0.1) is 0 Å². The van der Waals surface area contributed by atoms with E-state index in [1.807, 2.05) is 18.2 Å². The van der Waals surface area contributed by atoms with E-state index in [1.54, 1.807) is 6.26 Å². The Morgan fingerprint density at radius 2 is 2.27 bits per heavy atom. The van der Waals surface area contributed by atoms with E-state index in [1.165, 1.54) is 5.56 Å². The smallest absolute Gasteiger partial charge is 0.135 e. The molecular formula is C10H8O. The molecule has 1 heterocycles. The van der Waals surface area contributed by atoms with E-state index >= 15 is 0 Å². The minimum atomic E-state index is 0.920. The van der Waals surface area contributed by atoms with Gasteiger partial charge < -0.3 is 4.74 Å². The zero-order chi connectivity index (χ0) is 7.68. The lowest BCUT2D eigenvalue weighted by molar-refractivity contribution is 0.478. The van der Waals surface area contributed by atoms with Crippen LogP contribution >= 0.6 is 0 Å². The Morgan fingerprint density at radius 1 is 1.36 bits per heavy atom. The van der Waals surface area contributed by atoms with Gasteiger partial charge in [-0.05, 0) is 24.6 Å². The zero-order valence-corrected chi connectivity index (χ0v) is 6.29. The van der Waals surface area contributed by atoms with Gasteiger partial charge in [0.1, 0.15) is 12.0 Å². The molecule has 1 aliphatic rings. The van der Waals surface area contributed by atoms with Gasteiger partial charge >= 0.3 is 0 Å². The number of hydrogen-bond donors (Lipinski definition) is 0. The van der Waals surface area contributed by atoms with E-state index in [-0.39, 0.29) is 0 Å². The molecular weight excluding hydrogens is 136 g/mol. The highest BCUT2D eigenvalue weighted by molar-refractivity contribution is 5.62. The first-order valence-electron chi connectivity index (χ1n) is 3.55. The summed E-state index contributed by atoms with van der Waals surface area (Å²) in [5, 5.41) is 0. The molecule has 0 radical (unpaired) electrons. The summed E-state index contributed by atoms with van der Waals surface area (Å²) < 4.78 is 5.24. The first-order chi connectivity index (χ1) is 5.38. The van der Waals surface area contributed by atoms with Crippen LogP contribution in [-0.2, 0) is 0 Å². The van der Waals surface area contributed by atoms with Gasteiger partial charge in [0.05, 0.1) is 0 Å². The van der Waals surface area contributed by atoms with Crippen LogP contribution in [0.3, 0.4) is 0 Å². The first kappa shape index (κ1) is 6.26. The molecule has 1 nitrogen and oxygen atoms in total. The van der Waals surface area contributed by atoms with Crippen molar-refractivity contribution in [2.45, 2.75) is 6.92 Å². The highest BCUT2D eigenvalue weighted by Crippen LogP contribution is 2.25. The molecule has 0 saturated carbocycles. The third-order valence-electron chi connectivity index (χ3n) is 1.77. The predicted octanol–water partition coefficient (Wildman–Crippen LogP) is 2.51. The van der Waals surface area contributed by atoms with Crippen molar-refractivity contribution in [2.75, 3.05) is 0 Å². The van der Waals surface area contributed by atoms with Gasteiger partial charge in [0, 0.05) is 5.56 Å². The van der Waals surface area contributed by atoms with Crippen LogP contribution in [0.1, 0.15) is 11.1 Å². The Labute approximate surface area is 65.6 Å². The third-order valence-corrected chi connectivity index (χ3v) is 1.77. The van der Waals surface area contributed by atoms with Crippen LogP contribution < -0.4 is 4.74 Å². The van der Waals surface area contributed by atoms with Crippen molar-refractivity contribution < 1.29 is 4.74 Å². The summed E-state index contributed by atoms with van der Waals surface area (Å²) in [6.07, 6.45) is 3.51. The maximum absolute atomic E-state index is 5.24. The van der Waals surface area contributed by atoms with Gasteiger partial charge in [0.25, 0.3) is 0 Å². The van der Waals surface area contributed by atoms with Crippen molar-refractivity contribution in [3.63, 3.8) is 0 Å². The van der Waals surface area contributed by atoms with Crippen LogP contribution in [0.2, 0.25) is 0 Å². The van der Waals surface area contributed by atoms with Gasteiger partial charge in [0.15, 0.2) is 0 Å².